The van der Waals surface area contributed by atoms with E-state index in [4.69, 9.17) is 10.2 Å². The highest BCUT2D eigenvalue weighted by molar-refractivity contribution is 7.10. The first kappa shape index (κ1) is 15.9. The Bertz CT molecular complexity index is 346. The smallest absolute Gasteiger partial charge is 0.192 e. The molecule has 0 bridgehead atoms. The molecule has 1 atom stereocenters. The van der Waals surface area contributed by atoms with E-state index in [0.29, 0.717) is 6.54 Å². The maximum atomic E-state index is 6.56. The third-order valence-electron chi connectivity index (χ3n) is 4.08. The van der Waals surface area contributed by atoms with E-state index in [-0.39, 0.29) is 6.10 Å². The molecular formula is C14H27NOSSi. The molecule has 1 heterocycles. The molecule has 1 aromatic rings. The van der Waals surface area contributed by atoms with Crippen molar-refractivity contribution in [2.45, 2.75) is 58.9 Å². The fourth-order valence-corrected chi connectivity index (χ4v) is 6.31. The summed E-state index contributed by atoms with van der Waals surface area (Å²) in [6, 6.07) is 3.54. The zero-order chi connectivity index (χ0) is 13.8. The van der Waals surface area contributed by atoms with E-state index >= 15 is 0 Å². The molecule has 0 amide bonds. The van der Waals surface area contributed by atoms with Gasteiger partial charge in [0.2, 0.25) is 0 Å². The fourth-order valence-electron chi connectivity index (χ4n) is 2.59. The third-order valence-corrected chi connectivity index (χ3v) is 9.77. The summed E-state index contributed by atoms with van der Waals surface area (Å²) in [5.41, 5.74) is 8.65. The Morgan fingerprint density at radius 1 is 1.22 bits per heavy atom. The standard InChI is InChI=1S/C14H27NOSSi/c1-6-18(7-2,8-3)16-13(9-15)14-11(4)10-17-12(14)5/h10,13H,6-9,15H2,1-5H3. The number of hydrogen-bond donors (Lipinski definition) is 1. The van der Waals surface area contributed by atoms with Gasteiger partial charge in [-0.1, -0.05) is 20.8 Å². The van der Waals surface area contributed by atoms with Gasteiger partial charge in [-0.2, -0.15) is 0 Å². The lowest BCUT2D eigenvalue weighted by Crippen LogP contribution is -2.39. The molecule has 0 saturated carbocycles. The number of rotatable bonds is 7. The summed E-state index contributed by atoms with van der Waals surface area (Å²) >= 11 is 1.80. The van der Waals surface area contributed by atoms with Gasteiger partial charge < -0.3 is 10.2 Å². The third kappa shape index (κ3) is 3.23. The lowest BCUT2D eigenvalue weighted by molar-refractivity contribution is 0.197. The van der Waals surface area contributed by atoms with Gasteiger partial charge in [0.25, 0.3) is 0 Å². The van der Waals surface area contributed by atoms with E-state index < -0.39 is 8.32 Å². The Labute approximate surface area is 117 Å². The predicted octanol–water partition coefficient (Wildman–Crippen LogP) is 4.39. The van der Waals surface area contributed by atoms with Gasteiger partial charge in [-0.25, -0.2) is 0 Å². The van der Waals surface area contributed by atoms with Crippen molar-refractivity contribution in [3.05, 3.63) is 21.4 Å². The topological polar surface area (TPSA) is 35.2 Å². The normalized spacial score (nSPS) is 13.9. The van der Waals surface area contributed by atoms with Crippen molar-refractivity contribution in [3.63, 3.8) is 0 Å². The van der Waals surface area contributed by atoms with Gasteiger partial charge in [0, 0.05) is 11.4 Å². The van der Waals surface area contributed by atoms with Gasteiger partial charge in [0.1, 0.15) is 0 Å². The fraction of sp³-hybridized carbons (Fsp3) is 0.714. The number of thiophene rings is 1. The highest BCUT2D eigenvalue weighted by Gasteiger charge is 2.33. The Hall–Kier alpha value is -0.163. The van der Waals surface area contributed by atoms with E-state index in [9.17, 15) is 0 Å². The van der Waals surface area contributed by atoms with E-state index in [0.717, 1.165) is 0 Å². The molecule has 0 radical (unpaired) electrons. The van der Waals surface area contributed by atoms with E-state index in [1.165, 1.54) is 34.1 Å². The minimum atomic E-state index is -1.58. The molecule has 0 fully saturated rings. The van der Waals surface area contributed by atoms with E-state index in [1.54, 1.807) is 11.3 Å². The number of nitrogens with two attached hydrogens (primary N) is 1. The number of hydrogen-bond acceptors (Lipinski definition) is 3. The van der Waals surface area contributed by atoms with Crippen LogP contribution in [0.1, 0.15) is 42.9 Å². The summed E-state index contributed by atoms with van der Waals surface area (Å²) < 4.78 is 6.56. The molecule has 0 aliphatic carbocycles. The summed E-state index contributed by atoms with van der Waals surface area (Å²) in [5.74, 6) is 0. The van der Waals surface area contributed by atoms with Crippen LogP contribution >= 0.6 is 11.3 Å². The van der Waals surface area contributed by atoms with Crippen LogP contribution < -0.4 is 5.73 Å². The quantitative estimate of drug-likeness (QED) is 0.754. The highest BCUT2D eigenvalue weighted by atomic mass is 32.1. The molecule has 0 aliphatic rings. The van der Waals surface area contributed by atoms with Crippen LogP contribution in [0, 0.1) is 13.8 Å². The van der Waals surface area contributed by atoms with Crippen LogP contribution in [0.5, 0.6) is 0 Å². The van der Waals surface area contributed by atoms with Gasteiger partial charge in [0.05, 0.1) is 6.10 Å². The molecule has 18 heavy (non-hydrogen) atoms. The highest BCUT2D eigenvalue weighted by Crippen LogP contribution is 2.34. The number of aryl methyl sites for hydroxylation is 2. The zero-order valence-electron chi connectivity index (χ0n) is 12.4. The van der Waals surface area contributed by atoms with Crippen molar-refractivity contribution in [1.82, 2.24) is 0 Å². The van der Waals surface area contributed by atoms with Gasteiger partial charge in [-0.05, 0) is 48.5 Å². The van der Waals surface area contributed by atoms with Gasteiger partial charge >= 0.3 is 0 Å². The summed E-state index contributed by atoms with van der Waals surface area (Å²) in [5, 5.41) is 2.21. The van der Waals surface area contributed by atoms with E-state index in [1.807, 2.05) is 0 Å². The molecular weight excluding hydrogens is 258 g/mol. The zero-order valence-corrected chi connectivity index (χ0v) is 14.2. The van der Waals surface area contributed by atoms with Crippen LogP contribution in [0.3, 0.4) is 0 Å². The minimum Gasteiger partial charge on any atom is -0.409 e. The largest absolute Gasteiger partial charge is 0.409 e. The molecule has 0 saturated heterocycles. The van der Waals surface area contributed by atoms with Crippen LogP contribution in [-0.4, -0.2) is 14.9 Å². The van der Waals surface area contributed by atoms with Crippen molar-refractivity contribution < 1.29 is 4.43 Å². The van der Waals surface area contributed by atoms with Gasteiger partial charge in [0.15, 0.2) is 8.32 Å². The lowest BCUT2D eigenvalue weighted by atomic mass is 10.1. The lowest BCUT2D eigenvalue weighted by Gasteiger charge is -2.33. The maximum Gasteiger partial charge on any atom is 0.192 e. The molecule has 0 aliphatic heterocycles. The molecule has 104 valence electrons. The van der Waals surface area contributed by atoms with Crippen molar-refractivity contribution in [1.29, 1.82) is 0 Å². The summed E-state index contributed by atoms with van der Waals surface area (Å²) in [6.45, 7) is 11.7. The second kappa shape index (κ2) is 6.85. The first-order valence-electron chi connectivity index (χ1n) is 6.96. The van der Waals surface area contributed by atoms with Crippen molar-refractivity contribution >= 4 is 19.7 Å². The first-order valence-corrected chi connectivity index (χ1v) is 10.4. The Kier molecular flexibility index (Phi) is 6.04. The SMILES string of the molecule is CC[Si](CC)(CC)OC(CN)c1c(C)csc1C. The van der Waals surface area contributed by atoms with Crippen LogP contribution in [0.25, 0.3) is 0 Å². The molecule has 4 heteroatoms. The Morgan fingerprint density at radius 2 is 1.78 bits per heavy atom. The molecule has 1 unspecified atom stereocenters. The van der Waals surface area contributed by atoms with Crippen LogP contribution in [0.2, 0.25) is 18.1 Å². The van der Waals surface area contributed by atoms with Gasteiger partial charge in [-0.3, -0.25) is 0 Å². The predicted molar refractivity (Wildman–Crippen MR) is 83.9 cm³/mol. The molecule has 2 N–H and O–H groups in total. The average Bonchev–Trinajstić information content (AvgIpc) is 2.72. The van der Waals surface area contributed by atoms with Crippen molar-refractivity contribution in [2.24, 2.45) is 5.73 Å². The Morgan fingerprint density at radius 3 is 2.11 bits per heavy atom. The van der Waals surface area contributed by atoms with Crippen LogP contribution in [0.4, 0.5) is 0 Å². The maximum absolute atomic E-state index is 6.56. The van der Waals surface area contributed by atoms with Gasteiger partial charge in [-0.15, -0.1) is 11.3 Å². The molecule has 1 aromatic heterocycles. The molecule has 2 nitrogen and oxygen atoms in total. The molecule has 1 rings (SSSR count). The first-order chi connectivity index (χ1) is 8.53. The summed E-state index contributed by atoms with van der Waals surface area (Å²) in [4.78, 5) is 1.36. The van der Waals surface area contributed by atoms with Crippen LogP contribution in [-0.2, 0) is 4.43 Å². The monoisotopic (exact) mass is 285 g/mol. The van der Waals surface area contributed by atoms with Crippen molar-refractivity contribution in [3.8, 4) is 0 Å². The second-order valence-corrected chi connectivity index (χ2v) is 10.8. The second-order valence-electron chi connectivity index (χ2n) is 4.97. The summed E-state index contributed by atoms with van der Waals surface area (Å²) in [7, 11) is -1.58. The van der Waals surface area contributed by atoms with Crippen LogP contribution in [0.15, 0.2) is 5.38 Å². The van der Waals surface area contributed by atoms with E-state index in [2.05, 4.69) is 40.0 Å². The van der Waals surface area contributed by atoms with Crippen molar-refractivity contribution in [2.75, 3.05) is 6.54 Å². The minimum absolute atomic E-state index is 0.0998. The summed E-state index contributed by atoms with van der Waals surface area (Å²) in [6.07, 6.45) is 0.0998. The molecule has 0 spiro atoms. The Balaban J connectivity index is 2.98. The molecule has 0 aromatic carbocycles. The average molecular weight is 286 g/mol.